The van der Waals surface area contributed by atoms with E-state index in [1.165, 1.54) is 13.3 Å². The van der Waals surface area contributed by atoms with Crippen LogP contribution in [-0.4, -0.2) is 34.5 Å². The molecular weight excluding hydrogens is 366 g/mol. The molecule has 124 valence electrons. The summed E-state index contributed by atoms with van der Waals surface area (Å²) in [4.78, 5) is 23.8. The second-order valence-corrected chi connectivity index (χ2v) is 6.44. The lowest BCUT2D eigenvalue weighted by molar-refractivity contribution is 0.0694. The summed E-state index contributed by atoms with van der Waals surface area (Å²) in [5.74, 6) is -0.728. The predicted octanol–water partition coefficient (Wildman–Crippen LogP) is 2.66. The standard InChI is InChI=1S/C16H18BrNO5/c1-8(2)13(7-19)18-6-10(16(21)22)15(20)9-4-11(17)14(23-3)5-12(9)18/h4-6,8,13,19H,7H2,1-3H3,(H,21,22). The van der Waals surface area contributed by atoms with Gasteiger partial charge in [0.25, 0.3) is 0 Å². The molecule has 2 rings (SSSR count). The predicted molar refractivity (Wildman–Crippen MR) is 90.4 cm³/mol. The van der Waals surface area contributed by atoms with E-state index in [4.69, 9.17) is 4.74 Å². The van der Waals surface area contributed by atoms with Crippen LogP contribution >= 0.6 is 15.9 Å². The van der Waals surface area contributed by atoms with Crippen molar-refractivity contribution in [3.8, 4) is 5.75 Å². The Kier molecular flexibility index (Phi) is 5.11. The van der Waals surface area contributed by atoms with Crippen LogP contribution < -0.4 is 10.2 Å². The van der Waals surface area contributed by atoms with Crippen LogP contribution in [0, 0.1) is 5.92 Å². The van der Waals surface area contributed by atoms with E-state index in [1.54, 1.807) is 16.7 Å². The van der Waals surface area contributed by atoms with E-state index in [2.05, 4.69) is 15.9 Å². The highest BCUT2D eigenvalue weighted by Crippen LogP contribution is 2.31. The van der Waals surface area contributed by atoms with Gasteiger partial charge in [-0.1, -0.05) is 13.8 Å². The molecule has 1 heterocycles. The number of aromatic nitrogens is 1. The third-order valence-electron chi connectivity index (χ3n) is 3.85. The normalized spacial score (nSPS) is 12.6. The Morgan fingerprint density at radius 1 is 1.39 bits per heavy atom. The number of ether oxygens (including phenoxy) is 1. The van der Waals surface area contributed by atoms with Crippen LogP contribution in [0.1, 0.15) is 30.2 Å². The molecule has 0 saturated heterocycles. The van der Waals surface area contributed by atoms with E-state index < -0.39 is 11.4 Å². The summed E-state index contributed by atoms with van der Waals surface area (Å²) in [6.45, 7) is 3.66. The van der Waals surface area contributed by atoms with Crippen molar-refractivity contribution in [3.63, 3.8) is 0 Å². The molecule has 6 nitrogen and oxygen atoms in total. The molecule has 1 atom stereocenters. The number of hydrogen-bond acceptors (Lipinski definition) is 4. The molecule has 0 saturated carbocycles. The number of benzene rings is 1. The number of aliphatic hydroxyl groups excluding tert-OH is 1. The van der Waals surface area contributed by atoms with Gasteiger partial charge >= 0.3 is 5.97 Å². The van der Waals surface area contributed by atoms with Crippen molar-refractivity contribution in [1.82, 2.24) is 4.57 Å². The van der Waals surface area contributed by atoms with Crippen molar-refractivity contribution < 1.29 is 19.7 Å². The summed E-state index contributed by atoms with van der Waals surface area (Å²) in [5.41, 5.74) is -0.367. The average molecular weight is 384 g/mol. The summed E-state index contributed by atoms with van der Waals surface area (Å²) in [6, 6.07) is 2.85. The van der Waals surface area contributed by atoms with Gasteiger partial charge in [0.1, 0.15) is 11.3 Å². The van der Waals surface area contributed by atoms with Crippen LogP contribution in [-0.2, 0) is 0 Å². The first-order chi connectivity index (χ1) is 10.8. The number of carboxylic acids is 1. The van der Waals surface area contributed by atoms with Crippen molar-refractivity contribution in [3.05, 3.63) is 38.6 Å². The quantitative estimate of drug-likeness (QED) is 0.828. The van der Waals surface area contributed by atoms with Crippen LogP contribution in [0.25, 0.3) is 10.9 Å². The first-order valence-electron chi connectivity index (χ1n) is 7.08. The van der Waals surface area contributed by atoms with Crippen molar-refractivity contribution in [2.24, 2.45) is 5.92 Å². The number of halogens is 1. The number of aliphatic hydroxyl groups is 1. The lowest BCUT2D eigenvalue weighted by Crippen LogP contribution is -2.25. The van der Waals surface area contributed by atoms with E-state index >= 15 is 0 Å². The minimum Gasteiger partial charge on any atom is -0.495 e. The second-order valence-electron chi connectivity index (χ2n) is 5.58. The Labute approximate surface area is 141 Å². The maximum absolute atomic E-state index is 12.4. The minimum atomic E-state index is -1.29. The monoisotopic (exact) mass is 383 g/mol. The fourth-order valence-electron chi connectivity index (χ4n) is 2.55. The average Bonchev–Trinajstić information content (AvgIpc) is 2.49. The molecule has 1 aromatic carbocycles. The van der Waals surface area contributed by atoms with Crippen molar-refractivity contribution in [2.45, 2.75) is 19.9 Å². The maximum Gasteiger partial charge on any atom is 0.341 e. The van der Waals surface area contributed by atoms with E-state index in [-0.39, 0.29) is 29.5 Å². The Bertz CT molecular complexity index is 812. The van der Waals surface area contributed by atoms with Crippen LogP contribution in [0.4, 0.5) is 0 Å². The molecule has 7 heteroatoms. The summed E-state index contributed by atoms with van der Waals surface area (Å²) >= 11 is 3.31. The molecule has 2 aromatic rings. The molecule has 1 unspecified atom stereocenters. The molecule has 23 heavy (non-hydrogen) atoms. The minimum absolute atomic E-state index is 0.0435. The van der Waals surface area contributed by atoms with Gasteiger partial charge in [0.15, 0.2) is 0 Å². The summed E-state index contributed by atoms with van der Waals surface area (Å²) in [5, 5.41) is 19.3. The SMILES string of the molecule is COc1cc2c(cc1Br)c(=O)c(C(=O)O)cn2C(CO)C(C)C. The first-order valence-corrected chi connectivity index (χ1v) is 7.87. The van der Waals surface area contributed by atoms with Gasteiger partial charge in [-0.2, -0.15) is 0 Å². The molecule has 0 aliphatic rings. The largest absolute Gasteiger partial charge is 0.495 e. The smallest absolute Gasteiger partial charge is 0.341 e. The van der Waals surface area contributed by atoms with Gasteiger partial charge in [0, 0.05) is 17.6 Å². The second kappa shape index (κ2) is 6.72. The third-order valence-corrected chi connectivity index (χ3v) is 4.47. The van der Waals surface area contributed by atoms with Crippen molar-refractivity contribution in [2.75, 3.05) is 13.7 Å². The summed E-state index contributed by atoms with van der Waals surface area (Å²) < 4.78 is 7.46. The number of rotatable bonds is 5. The van der Waals surface area contributed by atoms with Gasteiger partial charge in [0.2, 0.25) is 5.43 Å². The summed E-state index contributed by atoms with van der Waals surface area (Å²) in [7, 11) is 1.51. The van der Waals surface area contributed by atoms with Crippen molar-refractivity contribution in [1.29, 1.82) is 0 Å². The first kappa shape index (κ1) is 17.5. The lowest BCUT2D eigenvalue weighted by Gasteiger charge is -2.25. The lowest BCUT2D eigenvalue weighted by atomic mass is 10.0. The number of aromatic carboxylic acids is 1. The number of carbonyl (C=O) groups is 1. The topological polar surface area (TPSA) is 88.8 Å². The van der Waals surface area contributed by atoms with Crippen molar-refractivity contribution >= 4 is 32.8 Å². The Morgan fingerprint density at radius 3 is 2.52 bits per heavy atom. The van der Waals surface area contributed by atoms with Crippen LogP contribution in [0.5, 0.6) is 5.75 Å². The van der Waals surface area contributed by atoms with Crippen LogP contribution in [0.3, 0.4) is 0 Å². The highest BCUT2D eigenvalue weighted by atomic mass is 79.9. The highest BCUT2D eigenvalue weighted by molar-refractivity contribution is 9.10. The molecule has 2 N–H and O–H groups in total. The fraction of sp³-hybridized carbons (Fsp3) is 0.375. The molecule has 0 radical (unpaired) electrons. The zero-order valence-corrected chi connectivity index (χ0v) is 14.6. The third kappa shape index (κ3) is 3.11. The number of carboxylic acid groups (broad SMARTS) is 1. The van der Waals surface area contributed by atoms with Gasteiger partial charge in [-0.05, 0) is 27.9 Å². The van der Waals surface area contributed by atoms with Crippen LogP contribution in [0.2, 0.25) is 0 Å². The molecule has 1 aromatic heterocycles. The number of methoxy groups -OCH3 is 1. The van der Waals surface area contributed by atoms with Gasteiger partial charge in [-0.3, -0.25) is 4.79 Å². The Balaban J connectivity index is 2.95. The van der Waals surface area contributed by atoms with E-state index in [0.717, 1.165) is 0 Å². The number of pyridine rings is 1. The molecular formula is C16H18BrNO5. The Hall–Kier alpha value is -1.86. The molecule has 0 bridgehead atoms. The van der Waals surface area contributed by atoms with Gasteiger partial charge in [-0.15, -0.1) is 0 Å². The number of nitrogens with zero attached hydrogens (tertiary/aromatic N) is 1. The zero-order chi connectivity index (χ0) is 17.3. The number of fused-ring (bicyclic) bond motifs is 1. The Morgan fingerprint density at radius 2 is 2.04 bits per heavy atom. The van der Waals surface area contributed by atoms with Gasteiger partial charge in [-0.25, -0.2) is 4.79 Å². The van der Waals surface area contributed by atoms with Gasteiger partial charge in [0.05, 0.1) is 29.7 Å². The van der Waals surface area contributed by atoms with Gasteiger partial charge < -0.3 is 19.5 Å². The molecule has 0 amide bonds. The zero-order valence-electron chi connectivity index (χ0n) is 13.0. The fourth-order valence-corrected chi connectivity index (χ4v) is 3.06. The van der Waals surface area contributed by atoms with E-state index in [1.807, 2.05) is 13.8 Å². The van der Waals surface area contributed by atoms with E-state index in [9.17, 15) is 19.8 Å². The maximum atomic E-state index is 12.4. The number of hydrogen-bond donors (Lipinski definition) is 2. The highest BCUT2D eigenvalue weighted by Gasteiger charge is 2.22. The molecule has 0 fully saturated rings. The molecule has 0 aliphatic carbocycles. The summed E-state index contributed by atoms with van der Waals surface area (Å²) in [6.07, 6.45) is 1.29. The van der Waals surface area contributed by atoms with E-state index in [0.29, 0.717) is 15.7 Å². The molecule has 0 aliphatic heterocycles. The van der Waals surface area contributed by atoms with Crippen LogP contribution in [0.15, 0.2) is 27.6 Å². The molecule has 0 spiro atoms.